The summed E-state index contributed by atoms with van der Waals surface area (Å²) < 4.78 is 10.5. The lowest BCUT2D eigenvalue weighted by Gasteiger charge is -2.41. The van der Waals surface area contributed by atoms with E-state index in [0.717, 1.165) is 43.2 Å². The van der Waals surface area contributed by atoms with Crippen LogP contribution in [-0.2, 0) is 11.2 Å². The number of carbonyl (C=O) groups is 1. The first-order valence-corrected chi connectivity index (χ1v) is 11.1. The fraction of sp³-hybridized carbons (Fsp3) is 0.609. The summed E-state index contributed by atoms with van der Waals surface area (Å²) in [7, 11) is 1.63. The maximum Gasteiger partial charge on any atom is 0.227 e. The van der Waals surface area contributed by atoms with Crippen molar-refractivity contribution in [1.29, 1.82) is 0 Å². The van der Waals surface area contributed by atoms with E-state index in [1.54, 1.807) is 7.11 Å². The van der Waals surface area contributed by atoms with Gasteiger partial charge in [0.25, 0.3) is 0 Å². The maximum absolute atomic E-state index is 12.7. The Balaban J connectivity index is 1.24. The van der Waals surface area contributed by atoms with Crippen LogP contribution in [0.3, 0.4) is 0 Å². The van der Waals surface area contributed by atoms with Gasteiger partial charge in [0.05, 0.1) is 7.11 Å². The summed E-state index contributed by atoms with van der Waals surface area (Å²) >= 11 is 0. The molecule has 1 aromatic heterocycles. The predicted molar refractivity (Wildman–Crippen MR) is 114 cm³/mol. The Kier molecular flexibility index (Phi) is 6.67. The fourth-order valence-corrected chi connectivity index (χ4v) is 4.62. The van der Waals surface area contributed by atoms with Gasteiger partial charge in [-0.1, -0.05) is 12.1 Å². The summed E-state index contributed by atoms with van der Waals surface area (Å²) in [6, 6.07) is 8.16. The largest absolute Gasteiger partial charge is 0.497 e. The Bertz CT molecular complexity index is 827. The van der Waals surface area contributed by atoms with Crippen LogP contribution in [0.5, 0.6) is 5.75 Å². The highest BCUT2D eigenvalue weighted by atomic mass is 16.5. The summed E-state index contributed by atoms with van der Waals surface area (Å²) in [5, 5.41) is 4.04. The fourth-order valence-electron chi connectivity index (χ4n) is 4.62. The lowest BCUT2D eigenvalue weighted by atomic mass is 9.95. The molecule has 0 radical (unpaired) electrons. The molecular formula is C23H32N4O3. The van der Waals surface area contributed by atoms with Crippen LogP contribution in [0, 0.1) is 5.92 Å². The second kappa shape index (κ2) is 9.60. The van der Waals surface area contributed by atoms with Gasteiger partial charge in [0.2, 0.25) is 17.6 Å². The quantitative estimate of drug-likeness (QED) is 0.724. The van der Waals surface area contributed by atoms with E-state index in [0.29, 0.717) is 30.6 Å². The second-order valence-electron chi connectivity index (χ2n) is 8.59. The molecule has 1 atom stereocenters. The number of benzene rings is 1. The van der Waals surface area contributed by atoms with Crippen LogP contribution >= 0.6 is 0 Å². The topological polar surface area (TPSA) is 71.7 Å². The Morgan fingerprint density at radius 3 is 2.63 bits per heavy atom. The molecule has 0 saturated carbocycles. The van der Waals surface area contributed by atoms with Gasteiger partial charge in [-0.15, -0.1) is 0 Å². The average molecular weight is 413 g/mol. The number of nitrogens with zero attached hydrogens (tertiary/aromatic N) is 4. The standard InChI is InChI=1S/C23H32N4O3/c1-17-4-3-13-27(16-17)19-11-14-26(15-12-19)22(28)10-9-21-24-23(25-30-21)18-5-7-20(29-2)8-6-18/h5-8,17,19H,3-4,9-16H2,1-2H3. The minimum Gasteiger partial charge on any atom is -0.497 e. The first kappa shape index (κ1) is 20.8. The van der Waals surface area contributed by atoms with Crippen molar-refractivity contribution in [3.8, 4) is 17.1 Å². The predicted octanol–water partition coefficient (Wildman–Crippen LogP) is 3.40. The Labute approximate surface area is 178 Å². The minimum absolute atomic E-state index is 0.185. The zero-order valence-electron chi connectivity index (χ0n) is 18.0. The van der Waals surface area contributed by atoms with Crippen molar-refractivity contribution in [2.24, 2.45) is 5.92 Å². The number of methoxy groups -OCH3 is 1. The van der Waals surface area contributed by atoms with Crippen molar-refractivity contribution in [3.63, 3.8) is 0 Å². The van der Waals surface area contributed by atoms with Gasteiger partial charge in [-0.05, 0) is 62.4 Å². The summed E-state index contributed by atoms with van der Waals surface area (Å²) in [5.41, 5.74) is 0.867. The normalized spacial score (nSPS) is 21.0. The molecule has 7 heteroatoms. The van der Waals surface area contributed by atoms with E-state index >= 15 is 0 Å². The van der Waals surface area contributed by atoms with Gasteiger partial charge in [-0.3, -0.25) is 9.69 Å². The monoisotopic (exact) mass is 412 g/mol. The number of piperidine rings is 2. The van der Waals surface area contributed by atoms with E-state index in [1.807, 2.05) is 29.2 Å². The van der Waals surface area contributed by atoms with Gasteiger partial charge in [-0.2, -0.15) is 4.98 Å². The van der Waals surface area contributed by atoms with Crippen LogP contribution in [-0.4, -0.2) is 65.2 Å². The third kappa shape index (κ3) is 5.01. The second-order valence-corrected chi connectivity index (χ2v) is 8.59. The molecular weight excluding hydrogens is 380 g/mol. The number of hydrogen-bond acceptors (Lipinski definition) is 6. The van der Waals surface area contributed by atoms with Crippen molar-refractivity contribution in [2.75, 3.05) is 33.3 Å². The maximum atomic E-state index is 12.7. The Morgan fingerprint density at radius 1 is 1.17 bits per heavy atom. The van der Waals surface area contributed by atoms with Crippen LogP contribution in [0.15, 0.2) is 28.8 Å². The third-order valence-electron chi connectivity index (χ3n) is 6.39. The number of hydrogen-bond donors (Lipinski definition) is 0. The molecule has 0 bridgehead atoms. The molecule has 1 aromatic carbocycles. The molecule has 162 valence electrons. The van der Waals surface area contributed by atoms with E-state index in [2.05, 4.69) is 22.0 Å². The van der Waals surface area contributed by atoms with E-state index in [4.69, 9.17) is 9.26 Å². The van der Waals surface area contributed by atoms with E-state index in [1.165, 1.54) is 25.9 Å². The zero-order valence-corrected chi connectivity index (χ0v) is 18.0. The zero-order chi connectivity index (χ0) is 20.9. The van der Waals surface area contributed by atoms with Gasteiger partial charge in [0.15, 0.2) is 0 Å². The molecule has 2 aromatic rings. The highest BCUT2D eigenvalue weighted by molar-refractivity contribution is 5.76. The number of carbonyl (C=O) groups excluding carboxylic acids is 1. The van der Waals surface area contributed by atoms with Crippen LogP contribution in [0.2, 0.25) is 0 Å². The Morgan fingerprint density at radius 2 is 1.93 bits per heavy atom. The summed E-state index contributed by atoms with van der Waals surface area (Å²) in [6.07, 6.45) is 5.72. The highest BCUT2D eigenvalue weighted by Crippen LogP contribution is 2.24. The molecule has 0 N–H and O–H groups in total. The van der Waals surface area contributed by atoms with Crippen molar-refractivity contribution in [2.45, 2.75) is 51.5 Å². The molecule has 4 rings (SSSR count). The van der Waals surface area contributed by atoms with Crippen LogP contribution < -0.4 is 4.74 Å². The molecule has 1 unspecified atom stereocenters. The molecule has 2 fully saturated rings. The highest BCUT2D eigenvalue weighted by Gasteiger charge is 2.29. The number of aryl methyl sites for hydroxylation is 1. The molecule has 0 aliphatic carbocycles. The van der Waals surface area contributed by atoms with Crippen LogP contribution in [0.1, 0.15) is 44.9 Å². The van der Waals surface area contributed by atoms with Gasteiger partial charge in [-0.25, -0.2) is 0 Å². The lowest BCUT2D eigenvalue weighted by molar-refractivity contribution is -0.132. The van der Waals surface area contributed by atoms with Crippen LogP contribution in [0.25, 0.3) is 11.4 Å². The number of likely N-dealkylation sites (tertiary alicyclic amines) is 2. The van der Waals surface area contributed by atoms with Crippen LogP contribution in [0.4, 0.5) is 0 Å². The SMILES string of the molecule is COc1ccc(-c2noc(CCC(=O)N3CCC(N4CCCC(C)C4)CC3)n2)cc1. The molecule has 30 heavy (non-hydrogen) atoms. The first-order valence-electron chi connectivity index (χ1n) is 11.1. The third-order valence-corrected chi connectivity index (χ3v) is 6.39. The van der Waals surface area contributed by atoms with Gasteiger partial charge < -0.3 is 14.2 Å². The van der Waals surface area contributed by atoms with E-state index < -0.39 is 0 Å². The summed E-state index contributed by atoms with van der Waals surface area (Å²) in [5.74, 6) is 2.81. The minimum atomic E-state index is 0.185. The van der Waals surface area contributed by atoms with Gasteiger partial charge in [0, 0.05) is 44.1 Å². The molecule has 2 aliphatic heterocycles. The number of ether oxygens (including phenoxy) is 1. The summed E-state index contributed by atoms with van der Waals surface area (Å²) in [4.78, 5) is 21.8. The summed E-state index contributed by atoms with van der Waals surface area (Å²) in [6.45, 7) is 6.50. The molecule has 1 amide bonds. The Hall–Kier alpha value is -2.41. The lowest BCUT2D eigenvalue weighted by Crippen LogP contribution is -2.49. The van der Waals surface area contributed by atoms with Crippen molar-refractivity contribution in [1.82, 2.24) is 19.9 Å². The van der Waals surface area contributed by atoms with E-state index in [9.17, 15) is 4.79 Å². The smallest absolute Gasteiger partial charge is 0.227 e. The molecule has 0 spiro atoms. The number of amides is 1. The van der Waals surface area contributed by atoms with Gasteiger partial charge in [0.1, 0.15) is 5.75 Å². The first-order chi connectivity index (χ1) is 14.6. The molecule has 7 nitrogen and oxygen atoms in total. The molecule has 2 saturated heterocycles. The number of aromatic nitrogens is 2. The van der Waals surface area contributed by atoms with E-state index in [-0.39, 0.29) is 5.91 Å². The average Bonchev–Trinajstić information content (AvgIpc) is 3.27. The molecule has 2 aliphatic rings. The van der Waals surface area contributed by atoms with Crippen molar-refractivity contribution in [3.05, 3.63) is 30.2 Å². The van der Waals surface area contributed by atoms with Crippen molar-refractivity contribution < 1.29 is 14.1 Å². The molecule has 3 heterocycles. The van der Waals surface area contributed by atoms with Crippen molar-refractivity contribution >= 4 is 5.91 Å². The number of rotatable bonds is 6. The van der Waals surface area contributed by atoms with Gasteiger partial charge >= 0.3 is 0 Å².